The molecule has 4 nitrogen and oxygen atoms in total. The molecule has 1 unspecified atom stereocenters. The SMILES string of the molecule is O[C@@H]1CN2CC[C@H](O)C2[C@@H]1O. The number of hydrogen-bond acceptors (Lipinski definition) is 4. The number of fused-ring (bicyclic) bond motifs is 1. The zero-order valence-corrected chi connectivity index (χ0v) is 6.22. The van der Waals surface area contributed by atoms with Gasteiger partial charge in [-0.25, -0.2) is 0 Å². The fraction of sp³-hybridized carbons (Fsp3) is 1.00. The number of nitrogens with zero attached hydrogens (tertiary/aromatic N) is 1. The molecule has 4 heteroatoms. The predicted molar refractivity (Wildman–Crippen MR) is 38.0 cm³/mol. The van der Waals surface area contributed by atoms with Gasteiger partial charge in [0.1, 0.15) is 0 Å². The Labute approximate surface area is 65.1 Å². The van der Waals surface area contributed by atoms with Crippen molar-refractivity contribution in [2.45, 2.75) is 30.8 Å². The molecule has 2 aliphatic heterocycles. The summed E-state index contributed by atoms with van der Waals surface area (Å²) < 4.78 is 0. The van der Waals surface area contributed by atoms with E-state index in [0.29, 0.717) is 13.0 Å². The van der Waals surface area contributed by atoms with Crippen molar-refractivity contribution in [3.63, 3.8) is 0 Å². The Hall–Kier alpha value is -0.160. The summed E-state index contributed by atoms with van der Waals surface area (Å²) in [6.07, 6.45) is -1.17. The molecule has 0 bridgehead atoms. The Morgan fingerprint density at radius 3 is 2.45 bits per heavy atom. The molecule has 0 amide bonds. The van der Waals surface area contributed by atoms with Crippen molar-refractivity contribution in [2.24, 2.45) is 0 Å². The van der Waals surface area contributed by atoms with Crippen LogP contribution < -0.4 is 0 Å². The summed E-state index contributed by atoms with van der Waals surface area (Å²) in [5.41, 5.74) is 0. The van der Waals surface area contributed by atoms with Gasteiger partial charge in [0.05, 0.1) is 24.4 Å². The van der Waals surface area contributed by atoms with Crippen LogP contribution in [0, 0.1) is 0 Å². The first-order chi connectivity index (χ1) is 5.20. The smallest absolute Gasteiger partial charge is 0.0991 e. The third-order valence-corrected chi connectivity index (χ3v) is 2.69. The maximum Gasteiger partial charge on any atom is 0.0991 e. The first kappa shape index (κ1) is 7.49. The molecule has 2 heterocycles. The summed E-state index contributed by atoms with van der Waals surface area (Å²) in [5, 5.41) is 28.0. The lowest BCUT2D eigenvalue weighted by molar-refractivity contribution is 0.00792. The lowest BCUT2D eigenvalue weighted by atomic mass is 10.1. The van der Waals surface area contributed by atoms with Gasteiger partial charge >= 0.3 is 0 Å². The molecular weight excluding hydrogens is 146 g/mol. The van der Waals surface area contributed by atoms with Gasteiger partial charge in [0, 0.05) is 13.1 Å². The Bertz CT molecular complexity index is 162. The summed E-state index contributed by atoms with van der Waals surface area (Å²) in [6.45, 7) is 1.29. The van der Waals surface area contributed by atoms with E-state index in [1.54, 1.807) is 0 Å². The summed E-state index contributed by atoms with van der Waals surface area (Å²) in [5.74, 6) is 0. The van der Waals surface area contributed by atoms with Gasteiger partial charge in [-0.15, -0.1) is 0 Å². The highest BCUT2D eigenvalue weighted by Gasteiger charge is 2.47. The predicted octanol–water partition coefficient (Wildman–Crippen LogP) is -1.84. The largest absolute Gasteiger partial charge is 0.391 e. The molecule has 3 N–H and O–H groups in total. The van der Waals surface area contributed by atoms with Gasteiger partial charge < -0.3 is 15.3 Å². The monoisotopic (exact) mass is 159 g/mol. The quantitative estimate of drug-likeness (QED) is 0.388. The van der Waals surface area contributed by atoms with E-state index in [9.17, 15) is 15.3 Å². The molecule has 0 spiro atoms. The van der Waals surface area contributed by atoms with E-state index in [4.69, 9.17) is 0 Å². The van der Waals surface area contributed by atoms with Crippen molar-refractivity contribution in [3.05, 3.63) is 0 Å². The summed E-state index contributed by atoms with van der Waals surface area (Å²) >= 11 is 0. The van der Waals surface area contributed by atoms with Crippen LogP contribution in [-0.2, 0) is 0 Å². The highest BCUT2D eigenvalue weighted by molar-refractivity contribution is 5.01. The molecule has 0 aliphatic carbocycles. The van der Waals surface area contributed by atoms with Gasteiger partial charge in [-0.3, -0.25) is 4.90 Å². The summed E-state index contributed by atoms with van der Waals surface area (Å²) in [6, 6.07) is -0.218. The second kappa shape index (κ2) is 2.42. The number of rotatable bonds is 0. The van der Waals surface area contributed by atoms with Crippen LogP contribution in [0.2, 0.25) is 0 Å². The molecule has 11 heavy (non-hydrogen) atoms. The third-order valence-electron chi connectivity index (χ3n) is 2.69. The lowest BCUT2D eigenvalue weighted by Gasteiger charge is -2.18. The first-order valence-electron chi connectivity index (χ1n) is 3.98. The molecule has 2 rings (SSSR count). The van der Waals surface area contributed by atoms with Crippen molar-refractivity contribution >= 4 is 0 Å². The van der Waals surface area contributed by atoms with Crippen molar-refractivity contribution in [2.75, 3.05) is 13.1 Å². The highest BCUT2D eigenvalue weighted by atomic mass is 16.3. The number of aliphatic hydroxyl groups excluding tert-OH is 3. The van der Waals surface area contributed by atoms with Crippen molar-refractivity contribution in [1.82, 2.24) is 4.90 Å². The molecule has 0 aromatic carbocycles. The Morgan fingerprint density at radius 2 is 1.82 bits per heavy atom. The van der Waals surface area contributed by atoms with Crippen LogP contribution in [0.25, 0.3) is 0 Å². The molecule has 0 saturated carbocycles. The Balaban J connectivity index is 2.13. The lowest BCUT2D eigenvalue weighted by Crippen LogP contribution is -2.38. The maximum absolute atomic E-state index is 9.39. The average Bonchev–Trinajstić information content (AvgIpc) is 2.41. The van der Waals surface area contributed by atoms with Gasteiger partial charge in [-0.2, -0.15) is 0 Å². The Kier molecular flexibility index (Phi) is 1.64. The molecule has 0 radical (unpaired) electrons. The van der Waals surface area contributed by atoms with Crippen LogP contribution in [0.1, 0.15) is 6.42 Å². The zero-order valence-electron chi connectivity index (χ0n) is 6.22. The molecule has 2 fully saturated rings. The van der Waals surface area contributed by atoms with Crippen LogP contribution in [0.3, 0.4) is 0 Å². The standard InChI is InChI=1S/C7H13NO3/c9-4-1-2-8-3-5(10)7(11)6(4)8/h4-7,9-11H,1-3H2/t4-,5+,6?,7+/m0/s1. The normalized spacial score (nSPS) is 51.5. The molecule has 2 saturated heterocycles. The van der Waals surface area contributed by atoms with Gasteiger partial charge in [-0.05, 0) is 6.42 Å². The third kappa shape index (κ3) is 0.980. The van der Waals surface area contributed by atoms with Crippen LogP contribution in [0.15, 0.2) is 0 Å². The number of aliphatic hydroxyl groups is 3. The maximum atomic E-state index is 9.39. The zero-order chi connectivity index (χ0) is 8.01. The number of hydrogen-bond donors (Lipinski definition) is 3. The fourth-order valence-corrected chi connectivity index (χ4v) is 2.09. The second-order valence-corrected chi connectivity index (χ2v) is 3.40. The van der Waals surface area contributed by atoms with Crippen molar-refractivity contribution in [3.8, 4) is 0 Å². The molecule has 64 valence electrons. The minimum Gasteiger partial charge on any atom is -0.391 e. The van der Waals surface area contributed by atoms with Crippen LogP contribution >= 0.6 is 0 Å². The van der Waals surface area contributed by atoms with E-state index < -0.39 is 18.3 Å². The van der Waals surface area contributed by atoms with Crippen LogP contribution in [0.4, 0.5) is 0 Å². The molecule has 4 atom stereocenters. The Morgan fingerprint density at radius 1 is 1.09 bits per heavy atom. The van der Waals surface area contributed by atoms with Crippen molar-refractivity contribution in [1.29, 1.82) is 0 Å². The van der Waals surface area contributed by atoms with Gasteiger partial charge in [0.25, 0.3) is 0 Å². The minimum absolute atomic E-state index is 0.218. The highest BCUT2D eigenvalue weighted by Crippen LogP contribution is 2.28. The van der Waals surface area contributed by atoms with Crippen LogP contribution in [-0.4, -0.2) is 57.7 Å². The van der Waals surface area contributed by atoms with Gasteiger partial charge in [0.2, 0.25) is 0 Å². The fourth-order valence-electron chi connectivity index (χ4n) is 2.09. The van der Waals surface area contributed by atoms with E-state index in [-0.39, 0.29) is 6.04 Å². The van der Waals surface area contributed by atoms with E-state index in [0.717, 1.165) is 6.54 Å². The van der Waals surface area contributed by atoms with Crippen LogP contribution in [0.5, 0.6) is 0 Å². The van der Waals surface area contributed by atoms with Gasteiger partial charge in [0.15, 0.2) is 0 Å². The van der Waals surface area contributed by atoms with E-state index >= 15 is 0 Å². The van der Waals surface area contributed by atoms with E-state index in [1.807, 2.05) is 4.90 Å². The average molecular weight is 159 g/mol. The van der Waals surface area contributed by atoms with Gasteiger partial charge in [-0.1, -0.05) is 0 Å². The van der Waals surface area contributed by atoms with E-state index in [2.05, 4.69) is 0 Å². The molecule has 2 aliphatic rings. The molecule has 0 aromatic rings. The summed E-state index contributed by atoms with van der Waals surface area (Å²) in [4.78, 5) is 1.94. The molecular formula is C7H13NO3. The first-order valence-corrected chi connectivity index (χ1v) is 3.98. The topological polar surface area (TPSA) is 63.9 Å². The minimum atomic E-state index is -0.757. The molecule has 0 aromatic heterocycles. The second-order valence-electron chi connectivity index (χ2n) is 3.40. The summed E-state index contributed by atoms with van der Waals surface area (Å²) in [7, 11) is 0. The van der Waals surface area contributed by atoms with Crippen molar-refractivity contribution < 1.29 is 15.3 Å². The van der Waals surface area contributed by atoms with E-state index in [1.165, 1.54) is 0 Å².